The number of sulfone groups is 1. The Labute approximate surface area is 208 Å². The first kappa shape index (κ1) is 24.0. The van der Waals surface area contributed by atoms with Gasteiger partial charge in [-0.2, -0.15) is 14.7 Å². The molecule has 0 N–H and O–H groups in total. The van der Waals surface area contributed by atoms with E-state index in [2.05, 4.69) is 16.0 Å². The molecule has 1 aliphatic heterocycles. The fourth-order valence-corrected chi connectivity index (χ4v) is 5.72. The highest BCUT2D eigenvalue weighted by Crippen LogP contribution is 2.35. The molecular weight excluding hydrogens is 502 g/mol. The highest BCUT2D eigenvalue weighted by Gasteiger charge is 2.49. The van der Waals surface area contributed by atoms with Crippen molar-refractivity contribution in [3.05, 3.63) is 55.0 Å². The zero-order chi connectivity index (χ0) is 25.7. The summed E-state index contributed by atoms with van der Waals surface area (Å²) >= 11 is 0. The monoisotopic (exact) mass is 523 g/mol. The molecule has 5 rings (SSSR count). The van der Waals surface area contributed by atoms with E-state index in [4.69, 9.17) is 10.1 Å². The van der Waals surface area contributed by atoms with Gasteiger partial charge in [0.2, 0.25) is 10.0 Å². The molecule has 0 aliphatic carbocycles. The number of hydrogen-bond acceptors (Lipinski definition) is 9. The summed E-state index contributed by atoms with van der Waals surface area (Å²) in [4.78, 5) is 13.3. The average Bonchev–Trinajstić information content (AvgIpc) is 3.29. The molecule has 4 aromatic heterocycles. The number of fused-ring (bicyclic) bond motifs is 1. The van der Waals surface area contributed by atoms with Gasteiger partial charge in [-0.25, -0.2) is 26.8 Å². The molecule has 0 atom stereocenters. The largest absolute Gasteiger partial charge is 0.262 e. The Hall–Kier alpha value is -3.73. The highest BCUT2D eigenvalue weighted by atomic mass is 32.2. The molecule has 1 aliphatic rings. The van der Waals surface area contributed by atoms with Gasteiger partial charge in [0.1, 0.15) is 16.9 Å². The second-order valence-corrected chi connectivity index (χ2v) is 12.8. The van der Waals surface area contributed by atoms with E-state index in [0.29, 0.717) is 28.2 Å². The van der Waals surface area contributed by atoms with Gasteiger partial charge in [0.25, 0.3) is 0 Å². The molecule has 0 aromatic carbocycles. The van der Waals surface area contributed by atoms with Crippen LogP contribution in [0.5, 0.6) is 0 Å². The van der Waals surface area contributed by atoms with Crippen LogP contribution >= 0.6 is 0 Å². The predicted molar refractivity (Wildman–Crippen MR) is 132 cm³/mol. The van der Waals surface area contributed by atoms with Crippen molar-refractivity contribution in [1.82, 2.24) is 29.0 Å². The van der Waals surface area contributed by atoms with Gasteiger partial charge in [-0.3, -0.25) is 9.67 Å². The first-order chi connectivity index (χ1) is 17.0. The van der Waals surface area contributed by atoms with Crippen LogP contribution in [0.1, 0.15) is 6.42 Å². The number of nitriles is 1. The van der Waals surface area contributed by atoms with Gasteiger partial charge >= 0.3 is 0 Å². The van der Waals surface area contributed by atoms with Crippen LogP contribution in [0, 0.1) is 11.3 Å². The van der Waals surface area contributed by atoms with Crippen LogP contribution in [0.3, 0.4) is 0 Å². The lowest BCUT2D eigenvalue weighted by Crippen LogP contribution is -2.63. The van der Waals surface area contributed by atoms with Crippen LogP contribution in [0.4, 0.5) is 0 Å². The van der Waals surface area contributed by atoms with Crippen molar-refractivity contribution in [2.45, 2.75) is 17.0 Å². The van der Waals surface area contributed by atoms with Crippen molar-refractivity contribution < 1.29 is 16.8 Å². The van der Waals surface area contributed by atoms with E-state index in [1.54, 1.807) is 41.3 Å². The Morgan fingerprint density at radius 3 is 2.47 bits per heavy atom. The molecule has 5 heterocycles. The SMILES string of the molecule is CS(=O)(=O)c1ccc(-c2cc3ncccc3c(-c3ccn(C4(CC#N)CN(S(C)(=O)=O)C4)n3)n2)cn1. The third-order valence-corrected chi connectivity index (χ3v) is 8.35. The lowest BCUT2D eigenvalue weighted by atomic mass is 9.89. The van der Waals surface area contributed by atoms with Crippen LogP contribution in [0.25, 0.3) is 33.5 Å². The normalized spacial score (nSPS) is 15.9. The zero-order valence-corrected chi connectivity index (χ0v) is 21.0. The number of aromatic nitrogens is 5. The van der Waals surface area contributed by atoms with E-state index in [9.17, 15) is 22.1 Å². The van der Waals surface area contributed by atoms with Gasteiger partial charge < -0.3 is 0 Å². The van der Waals surface area contributed by atoms with Crippen LogP contribution in [0.2, 0.25) is 0 Å². The number of pyridine rings is 3. The van der Waals surface area contributed by atoms with E-state index < -0.39 is 25.4 Å². The van der Waals surface area contributed by atoms with Crippen LogP contribution in [-0.4, -0.2) is 71.5 Å². The summed E-state index contributed by atoms with van der Waals surface area (Å²) in [5, 5.41) is 14.8. The summed E-state index contributed by atoms with van der Waals surface area (Å²) in [7, 11) is -6.80. The molecule has 1 saturated heterocycles. The summed E-state index contributed by atoms with van der Waals surface area (Å²) in [6.45, 7) is 0.323. The summed E-state index contributed by atoms with van der Waals surface area (Å²) in [6.07, 6.45) is 7.18. The van der Waals surface area contributed by atoms with E-state index in [0.717, 1.165) is 17.9 Å². The second kappa shape index (κ2) is 8.44. The third kappa shape index (κ3) is 4.23. The van der Waals surface area contributed by atoms with Gasteiger partial charge in [-0.1, -0.05) is 0 Å². The number of hydrogen-bond donors (Lipinski definition) is 0. The van der Waals surface area contributed by atoms with Crippen molar-refractivity contribution in [3.8, 4) is 28.7 Å². The molecule has 0 unspecified atom stereocenters. The molecule has 4 aromatic rings. The van der Waals surface area contributed by atoms with Gasteiger partial charge in [0, 0.05) is 48.9 Å². The second-order valence-electron chi connectivity index (χ2n) is 8.82. The first-order valence-electron chi connectivity index (χ1n) is 10.8. The number of nitrogens with zero attached hydrogens (tertiary/aromatic N) is 7. The highest BCUT2D eigenvalue weighted by molar-refractivity contribution is 7.90. The molecular formula is C23H21N7O4S2. The van der Waals surface area contributed by atoms with E-state index >= 15 is 0 Å². The lowest BCUT2D eigenvalue weighted by Gasteiger charge is -2.47. The fraction of sp³-hybridized carbons (Fsp3) is 0.261. The maximum atomic E-state index is 11.9. The first-order valence-corrected chi connectivity index (χ1v) is 14.6. The minimum absolute atomic E-state index is 0.0319. The maximum absolute atomic E-state index is 11.9. The summed E-state index contributed by atoms with van der Waals surface area (Å²) in [6, 6.07) is 12.4. The third-order valence-electron chi connectivity index (χ3n) is 6.15. The van der Waals surface area contributed by atoms with Gasteiger partial charge in [0.05, 0.1) is 30.0 Å². The molecule has 1 fully saturated rings. The average molecular weight is 524 g/mol. The van der Waals surface area contributed by atoms with Crippen molar-refractivity contribution in [3.63, 3.8) is 0 Å². The quantitative estimate of drug-likeness (QED) is 0.368. The van der Waals surface area contributed by atoms with Gasteiger partial charge in [-0.05, 0) is 36.4 Å². The number of rotatable bonds is 6. The molecule has 13 heteroatoms. The summed E-state index contributed by atoms with van der Waals surface area (Å²) in [5.74, 6) is 0. The fourth-order valence-electron chi connectivity index (χ4n) is 4.21. The van der Waals surface area contributed by atoms with Crippen molar-refractivity contribution >= 4 is 30.8 Å². The smallest absolute Gasteiger partial charge is 0.211 e. The van der Waals surface area contributed by atoms with Crippen molar-refractivity contribution in [2.24, 2.45) is 0 Å². The van der Waals surface area contributed by atoms with Crippen LogP contribution in [0.15, 0.2) is 60.0 Å². The topological polar surface area (TPSA) is 152 Å². The van der Waals surface area contributed by atoms with E-state index in [1.165, 1.54) is 16.6 Å². The molecule has 0 saturated carbocycles. The zero-order valence-electron chi connectivity index (χ0n) is 19.4. The minimum Gasteiger partial charge on any atom is -0.262 e. The standard InChI is InChI=1S/C23H21N7O4S2/c1-35(31,32)21-6-5-16(13-26-21)19-12-20-17(4-3-10-25-20)22(27-19)18-7-11-30(28-18)23(8-9-24)14-29(15-23)36(2,33)34/h3-7,10-13H,8,14-15H2,1-2H3. The number of sulfonamides is 1. The Balaban J connectivity index is 1.58. The molecule has 0 bridgehead atoms. The van der Waals surface area contributed by atoms with E-state index in [1.807, 2.05) is 6.07 Å². The van der Waals surface area contributed by atoms with Crippen molar-refractivity contribution in [1.29, 1.82) is 5.26 Å². The molecule has 0 radical (unpaired) electrons. The summed E-state index contributed by atoms with van der Waals surface area (Å²) < 4.78 is 50.3. The molecule has 184 valence electrons. The maximum Gasteiger partial charge on any atom is 0.211 e. The Morgan fingerprint density at radius 2 is 1.83 bits per heavy atom. The summed E-state index contributed by atoms with van der Waals surface area (Å²) in [5.41, 5.74) is 2.14. The van der Waals surface area contributed by atoms with Crippen molar-refractivity contribution in [2.75, 3.05) is 25.6 Å². The molecule has 0 amide bonds. The predicted octanol–water partition coefficient (Wildman–Crippen LogP) is 1.84. The van der Waals surface area contributed by atoms with E-state index in [-0.39, 0.29) is 24.5 Å². The minimum atomic E-state index is -3.43. The molecule has 11 nitrogen and oxygen atoms in total. The lowest BCUT2D eigenvalue weighted by molar-refractivity contribution is 0.0726. The van der Waals surface area contributed by atoms with Crippen LogP contribution < -0.4 is 0 Å². The van der Waals surface area contributed by atoms with Crippen LogP contribution in [-0.2, 0) is 25.4 Å². The Kier molecular flexibility index (Phi) is 5.62. The van der Waals surface area contributed by atoms with Gasteiger partial charge in [-0.15, -0.1) is 0 Å². The van der Waals surface area contributed by atoms with Gasteiger partial charge in [0.15, 0.2) is 14.9 Å². The Bertz CT molecular complexity index is 1740. The molecule has 36 heavy (non-hydrogen) atoms. The molecule has 0 spiro atoms. The Morgan fingerprint density at radius 1 is 1.06 bits per heavy atom.